The number of nitrogens with one attached hydrogen (secondary N) is 1. The molecule has 146 valence electrons. The molecule has 5 nitrogen and oxygen atoms in total. The van der Waals surface area contributed by atoms with Gasteiger partial charge in [0.05, 0.1) is 16.8 Å². The van der Waals surface area contributed by atoms with E-state index in [0.717, 1.165) is 17.8 Å². The molecular formula is C20H19F3N4O. The van der Waals surface area contributed by atoms with E-state index in [0.29, 0.717) is 48.6 Å². The Labute approximate surface area is 159 Å². The molecule has 3 N–H and O–H groups in total. The number of halogens is 3. The Balaban J connectivity index is 1.57. The van der Waals surface area contributed by atoms with Crippen molar-refractivity contribution in [3.05, 3.63) is 81.3 Å². The van der Waals surface area contributed by atoms with E-state index in [1.807, 2.05) is 4.90 Å². The van der Waals surface area contributed by atoms with Crippen molar-refractivity contribution in [1.29, 1.82) is 0 Å². The van der Waals surface area contributed by atoms with E-state index in [9.17, 15) is 18.0 Å². The number of nitrogens with zero attached hydrogens (tertiary/aromatic N) is 2. The number of aromatic amines is 1. The summed E-state index contributed by atoms with van der Waals surface area (Å²) in [6.45, 7) is 1.39. The van der Waals surface area contributed by atoms with Crippen molar-refractivity contribution in [2.75, 3.05) is 12.3 Å². The van der Waals surface area contributed by atoms with Crippen LogP contribution in [0.4, 0.5) is 18.9 Å². The van der Waals surface area contributed by atoms with E-state index < -0.39 is 11.7 Å². The highest BCUT2D eigenvalue weighted by atomic mass is 19.4. The lowest BCUT2D eigenvalue weighted by Gasteiger charge is -2.26. The molecule has 1 aliphatic heterocycles. The van der Waals surface area contributed by atoms with Gasteiger partial charge in [-0.25, -0.2) is 4.68 Å². The lowest BCUT2D eigenvalue weighted by atomic mass is 10.1. The molecule has 1 aromatic heterocycles. The zero-order chi connectivity index (χ0) is 19.9. The second-order valence-electron chi connectivity index (χ2n) is 6.96. The third-order valence-corrected chi connectivity index (χ3v) is 4.92. The van der Waals surface area contributed by atoms with Crippen molar-refractivity contribution >= 4 is 5.69 Å². The summed E-state index contributed by atoms with van der Waals surface area (Å²) < 4.78 is 40.2. The molecule has 0 spiro atoms. The van der Waals surface area contributed by atoms with Gasteiger partial charge in [0, 0.05) is 37.4 Å². The van der Waals surface area contributed by atoms with Crippen LogP contribution < -0.4 is 11.3 Å². The first-order chi connectivity index (χ1) is 13.3. The average Bonchev–Trinajstić information content (AvgIpc) is 2.98. The Kier molecular flexibility index (Phi) is 4.50. The molecule has 28 heavy (non-hydrogen) atoms. The Morgan fingerprint density at radius 3 is 2.64 bits per heavy atom. The molecule has 0 saturated carbocycles. The van der Waals surface area contributed by atoms with Crippen molar-refractivity contribution in [1.82, 2.24) is 14.7 Å². The van der Waals surface area contributed by atoms with E-state index >= 15 is 0 Å². The Hall–Kier alpha value is -3.00. The SMILES string of the molecule is Nc1cccc(-n2[nH]c3c(c2=O)CN(Cc2cccc(C(F)(F)F)c2)CC3)c1. The van der Waals surface area contributed by atoms with Crippen LogP contribution in [0, 0.1) is 0 Å². The van der Waals surface area contributed by atoms with Crippen LogP contribution in [-0.2, 0) is 25.7 Å². The van der Waals surface area contributed by atoms with Crippen LogP contribution in [0.3, 0.4) is 0 Å². The molecule has 2 heterocycles. The largest absolute Gasteiger partial charge is 0.416 e. The number of benzene rings is 2. The molecule has 0 radical (unpaired) electrons. The minimum Gasteiger partial charge on any atom is -0.399 e. The predicted molar refractivity (Wildman–Crippen MR) is 100 cm³/mol. The van der Waals surface area contributed by atoms with Crippen LogP contribution >= 0.6 is 0 Å². The number of aromatic nitrogens is 2. The zero-order valence-corrected chi connectivity index (χ0v) is 15.0. The topological polar surface area (TPSA) is 67.0 Å². The summed E-state index contributed by atoms with van der Waals surface area (Å²) in [5.74, 6) is 0. The molecule has 0 fully saturated rings. The predicted octanol–water partition coefficient (Wildman–Crippen LogP) is 3.32. The van der Waals surface area contributed by atoms with E-state index in [1.165, 1.54) is 10.7 Å². The fourth-order valence-corrected chi connectivity index (χ4v) is 3.54. The van der Waals surface area contributed by atoms with Gasteiger partial charge in [-0.3, -0.25) is 14.8 Å². The van der Waals surface area contributed by atoms with Gasteiger partial charge < -0.3 is 5.73 Å². The van der Waals surface area contributed by atoms with Gasteiger partial charge in [0.25, 0.3) is 5.56 Å². The molecule has 0 aliphatic carbocycles. The number of nitrogens with two attached hydrogens (primary N) is 1. The second kappa shape index (κ2) is 6.87. The molecule has 0 saturated heterocycles. The lowest BCUT2D eigenvalue weighted by molar-refractivity contribution is -0.137. The van der Waals surface area contributed by atoms with Gasteiger partial charge in [-0.05, 0) is 29.8 Å². The van der Waals surface area contributed by atoms with Crippen molar-refractivity contribution in [3.8, 4) is 5.69 Å². The van der Waals surface area contributed by atoms with Gasteiger partial charge in [0.2, 0.25) is 0 Å². The molecule has 0 atom stereocenters. The summed E-state index contributed by atoms with van der Waals surface area (Å²) in [6.07, 6.45) is -3.74. The summed E-state index contributed by atoms with van der Waals surface area (Å²) in [6, 6.07) is 12.3. The molecular weight excluding hydrogens is 369 g/mol. The summed E-state index contributed by atoms with van der Waals surface area (Å²) >= 11 is 0. The maximum atomic E-state index is 12.9. The zero-order valence-electron chi connectivity index (χ0n) is 15.0. The van der Waals surface area contributed by atoms with Crippen molar-refractivity contribution in [3.63, 3.8) is 0 Å². The fourth-order valence-electron chi connectivity index (χ4n) is 3.54. The maximum Gasteiger partial charge on any atom is 0.416 e. The number of rotatable bonds is 3. The van der Waals surface area contributed by atoms with Crippen LogP contribution in [0.25, 0.3) is 5.69 Å². The number of hydrogen-bond donors (Lipinski definition) is 2. The number of nitrogen functional groups attached to an aromatic ring is 1. The minimum atomic E-state index is -4.36. The molecule has 3 aromatic rings. The lowest BCUT2D eigenvalue weighted by Crippen LogP contribution is -2.32. The highest BCUT2D eigenvalue weighted by molar-refractivity contribution is 5.47. The number of hydrogen-bond acceptors (Lipinski definition) is 3. The van der Waals surface area contributed by atoms with E-state index in [1.54, 1.807) is 30.3 Å². The summed E-state index contributed by atoms with van der Waals surface area (Å²) in [4.78, 5) is 14.8. The third-order valence-electron chi connectivity index (χ3n) is 4.92. The molecule has 0 unspecified atom stereocenters. The molecule has 8 heteroatoms. The normalized spacial score (nSPS) is 14.8. The first kappa shape index (κ1) is 18.4. The molecule has 1 aliphatic rings. The van der Waals surface area contributed by atoms with Crippen molar-refractivity contribution < 1.29 is 13.2 Å². The van der Waals surface area contributed by atoms with E-state index in [-0.39, 0.29) is 5.56 Å². The van der Waals surface area contributed by atoms with E-state index in [4.69, 9.17) is 5.73 Å². The van der Waals surface area contributed by atoms with Gasteiger partial charge in [0.1, 0.15) is 0 Å². The smallest absolute Gasteiger partial charge is 0.399 e. The quantitative estimate of drug-likeness (QED) is 0.677. The number of H-pyrrole nitrogens is 1. The van der Waals surface area contributed by atoms with Crippen LogP contribution in [0.15, 0.2) is 53.3 Å². The summed E-state index contributed by atoms with van der Waals surface area (Å²) in [5.41, 5.74) is 8.27. The van der Waals surface area contributed by atoms with Crippen LogP contribution in [0.2, 0.25) is 0 Å². The van der Waals surface area contributed by atoms with Crippen molar-refractivity contribution in [2.24, 2.45) is 0 Å². The average molecular weight is 388 g/mol. The highest BCUT2D eigenvalue weighted by Gasteiger charge is 2.30. The van der Waals surface area contributed by atoms with Crippen LogP contribution in [0.1, 0.15) is 22.4 Å². The van der Waals surface area contributed by atoms with E-state index in [2.05, 4.69) is 5.10 Å². The molecule has 0 bridgehead atoms. The third kappa shape index (κ3) is 3.55. The fraction of sp³-hybridized carbons (Fsp3) is 0.250. The number of anilines is 1. The maximum absolute atomic E-state index is 12.9. The first-order valence-corrected chi connectivity index (χ1v) is 8.88. The van der Waals surface area contributed by atoms with Crippen LogP contribution in [0.5, 0.6) is 0 Å². The van der Waals surface area contributed by atoms with Gasteiger partial charge in [0.15, 0.2) is 0 Å². The van der Waals surface area contributed by atoms with Crippen molar-refractivity contribution in [2.45, 2.75) is 25.7 Å². The number of alkyl halides is 3. The standard InChI is InChI=1S/C20H19F3N4O/c21-20(22,23)14-4-1-3-13(9-14)11-26-8-7-18-17(12-26)19(28)27(25-18)16-6-2-5-15(24)10-16/h1-6,9-10,25H,7-8,11-12,24H2. The molecule has 2 aromatic carbocycles. The highest BCUT2D eigenvalue weighted by Crippen LogP contribution is 2.30. The second-order valence-corrected chi connectivity index (χ2v) is 6.96. The summed E-state index contributed by atoms with van der Waals surface area (Å²) in [7, 11) is 0. The van der Waals surface area contributed by atoms with Gasteiger partial charge in [-0.1, -0.05) is 24.3 Å². The minimum absolute atomic E-state index is 0.158. The monoisotopic (exact) mass is 388 g/mol. The molecule has 0 amide bonds. The van der Waals surface area contributed by atoms with Crippen LogP contribution in [-0.4, -0.2) is 21.2 Å². The van der Waals surface area contributed by atoms with Gasteiger partial charge >= 0.3 is 6.18 Å². The first-order valence-electron chi connectivity index (χ1n) is 8.88. The molecule has 4 rings (SSSR count). The van der Waals surface area contributed by atoms with Gasteiger partial charge in [-0.2, -0.15) is 13.2 Å². The Bertz CT molecular complexity index is 1070. The summed E-state index contributed by atoms with van der Waals surface area (Å²) in [5, 5.41) is 3.13. The number of fused-ring (bicyclic) bond motifs is 1. The van der Waals surface area contributed by atoms with Gasteiger partial charge in [-0.15, -0.1) is 0 Å². The Morgan fingerprint density at radius 1 is 1.11 bits per heavy atom. The Morgan fingerprint density at radius 2 is 1.89 bits per heavy atom.